The number of fused-ring (bicyclic) bond motifs is 1. The second-order valence-corrected chi connectivity index (χ2v) is 4.57. The molecule has 0 fully saturated rings. The summed E-state index contributed by atoms with van der Waals surface area (Å²) in [4.78, 5) is 22.5. The highest BCUT2D eigenvalue weighted by molar-refractivity contribution is 6.42. The molecule has 0 bridgehead atoms. The molecule has 0 aliphatic rings. The lowest BCUT2D eigenvalue weighted by atomic mass is 10.2. The van der Waals surface area contributed by atoms with Crippen LogP contribution >= 0.6 is 23.2 Å². The van der Waals surface area contributed by atoms with E-state index in [1.165, 1.54) is 24.6 Å². The van der Waals surface area contributed by atoms with Crippen molar-refractivity contribution in [2.75, 3.05) is 0 Å². The number of carbonyl (C=O) groups excluding carboxylic acids is 2. The second-order valence-electron chi connectivity index (χ2n) is 3.76. The van der Waals surface area contributed by atoms with Gasteiger partial charge in [0, 0.05) is 19.2 Å². The maximum absolute atomic E-state index is 11.5. The van der Waals surface area contributed by atoms with E-state index in [4.69, 9.17) is 27.9 Å². The zero-order valence-electron chi connectivity index (χ0n) is 9.66. The van der Waals surface area contributed by atoms with Crippen LogP contribution < -0.4 is 4.74 Å². The van der Waals surface area contributed by atoms with Crippen LogP contribution in [0.3, 0.4) is 0 Å². The van der Waals surface area contributed by atoms with Gasteiger partial charge in [0.25, 0.3) is 0 Å². The van der Waals surface area contributed by atoms with E-state index in [-0.39, 0.29) is 11.7 Å². The molecule has 0 amide bonds. The maximum atomic E-state index is 11.5. The quantitative estimate of drug-likeness (QED) is 0.753. The zero-order chi connectivity index (χ0) is 13.4. The van der Waals surface area contributed by atoms with E-state index < -0.39 is 5.97 Å². The van der Waals surface area contributed by atoms with Gasteiger partial charge in [-0.05, 0) is 12.1 Å². The first-order valence-electron chi connectivity index (χ1n) is 5.09. The second kappa shape index (κ2) is 4.63. The molecule has 0 spiro atoms. The number of rotatable bonds is 1. The van der Waals surface area contributed by atoms with E-state index in [1.807, 2.05) is 0 Å². The average molecular weight is 286 g/mol. The number of aromatic nitrogens is 1. The summed E-state index contributed by atoms with van der Waals surface area (Å²) in [5, 5.41) is 1.23. The molecule has 2 aromatic rings. The summed E-state index contributed by atoms with van der Waals surface area (Å²) in [6.45, 7) is 2.69. The third-order valence-corrected chi connectivity index (χ3v) is 3.13. The highest BCUT2D eigenvalue weighted by Gasteiger charge is 2.15. The highest BCUT2D eigenvalue weighted by atomic mass is 35.5. The number of benzene rings is 1. The van der Waals surface area contributed by atoms with Crippen molar-refractivity contribution in [3.8, 4) is 5.75 Å². The average Bonchev–Trinajstić information content (AvgIpc) is 2.57. The van der Waals surface area contributed by atoms with Crippen molar-refractivity contribution in [3.05, 3.63) is 28.4 Å². The first-order chi connectivity index (χ1) is 8.40. The number of carbonyl (C=O) groups is 2. The van der Waals surface area contributed by atoms with Crippen molar-refractivity contribution in [3.63, 3.8) is 0 Å². The number of nitrogens with zero attached hydrogens (tertiary/aromatic N) is 1. The summed E-state index contributed by atoms with van der Waals surface area (Å²) in [6, 6.07) is 3.13. The summed E-state index contributed by atoms with van der Waals surface area (Å²) >= 11 is 11.8. The maximum Gasteiger partial charge on any atom is 0.308 e. The van der Waals surface area contributed by atoms with Crippen LogP contribution in [0.1, 0.15) is 18.6 Å². The van der Waals surface area contributed by atoms with Gasteiger partial charge in [-0.3, -0.25) is 14.2 Å². The van der Waals surface area contributed by atoms with Crippen molar-refractivity contribution in [2.24, 2.45) is 0 Å². The Hall–Kier alpha value is -1.52. The van der Waals surface area contributed by atoms with Crippen molar-refractivity contribution < 1.29 is 14.3 Å². The SMILES string of the molecule is CC(=O)Oc1cn(C(C)=O)c2cc(Cl)c(Cl)cc12. The predicted octanol–water partition coefficient (Wildman–Crippen LogP) is 3.53. The number of esters is 1. The lowest BCUT2D eigenvalue weighted by Gasteiger charge is -2.01. The van der Waals surface area contributed by atoms with Gasteiger partial charge in [0.15, 0.2) is 5.75 Å². The third kappa shape index (κ3) is 2.21. The summed E-state index contributed by atoms with van der Waals surface area (Å²) in [7, 11) is 0. The fraction of sp³-hybridized carbons (Fsp3) is 0.167. The van der Waals surface area contributed by atoms with Crippen LogP contribution in [0.2, 0.25) is 10.0 Å². The van der Waals surface area contributed by atoms with Gasteiger partial charge < -0.3 is 4.74 Å². The Morgan fingerprint density at radius 1 is 1.17 bits per heavy atom. The molecular formula is C12H9Cl2NO3. The van der Waals surface area contributed by atoms with Crippen molar-refractivity contribution in [1.29, 1.82) is 0 Å². The summed E-state index contributed by atoms with van der Waals surface area (Å²) in [6.07, 6.45) is 1.45. The van der Waals surface area contributed by atoms with Gasteiger partial charge >= 0.3 is 5.97 Å². The van der Waals surface area contributed by atoms with E-state index in [2.05, 4.69) is 0 Å². The molecule has 0 radical (unpaired) electrons. The monoisotopic (exact) mass is 285 g/mol. The molecule has 18 heavy (non-hydrogen) atoms. The number of hydrogen-bond donors (Lipinski definition) is 0. The Labute approximate surface area is 113 Å². The lowest BCUT2D eigenvalue weighted by Crippen LogP contribution is -2.03. The molecule has 1 aromatic heterocycles. The number of ether oxygens (including phenoxy) is 1. The zero-order valence-corrected chi connectivity index (χ0v) is 11.2. The van der Waals surface area contributed by atoms with Crippen LogP contribution in [-0.4, -0.2) is 16.4 Å². The molecule has 94 valence electrons. The highest BCUT2D eigenvalue weighted by Crippen LogP contribution is 2.34. The van der Waals surface area contributed by atoms with E-state index in [1.54, 1.807) is 12.1 Å². The van der Waals surface area contributed by atoms with Crippen LogP contribution in [0.25, 0.3) is 10.9 Å². The third-order valence-electron chi connectivity index (χ3n) is 2.40. The van der Waals surface area contributed by atoms with Crippen molar-refractivity contribution in [2.45, 2.75) is 13.8 Å². The van der Waals surface area contributed by atoms with Gasteiger partial charge in [-0.1, -0.05) is 23.2 Å². The molecule has 0 aliphatic heterocycles. The topological polar surface area (TPSA) is 48.3 Å². The fourth-order valence-corrected chi connectivity index (χ4v) is 2.01. The molecule has 0 unspecified atom stereocenters. The molecule has 0 aliphatic carbocycles. The van der Waals surface area contributed by atoms with Gasteiger partial charge in [0.05, 0.1) is 21.8 Å². The van der Waals surface area contributed by atoms with Gasteiger partial charge in [-0.25, -0.2) is 0 Å². The molecule has 0 atom stereocenters. The van der Waals surface area contributed by atoms with E-state index >= 15 is 0 Å². The lowest BCUT2D eigenvalue weighted by molar-refractivity contribution is -0.131. The molecule has 1 heterocycles. The van der Waals surface area contributed by atoms with Crippen molar-refractivity contribution in [1.82, 2.24) is 4.57 Å². The predicted molar refractivity (Wildman–Crippen MR) is 69.6 cm³/mol. The molecule has 4 nitrogen and oxygen atoms in total. The fourth-order valence-electron chi connectivity index (χ4n) is 1.69. The van der Waals surface area contributed by atoms with Crippen LogP contribution in [0.5, 0.6) is 5.75 Å². The Kier molecular flexibility index (Phi) is 3.32. The molecule has 1 aromatic carbocycles. The molecule has 2 rings (SSSR count). The molecule has 0 saturated heterocycles. The van der Waals surface area contributed by atoms with Gasteiger partial charge in [-0.2, -0.15) is 0 Å². The van der Waals surface area contributed by atoms with Crippen molar-refractivity contribution >= 4 is 46.0 Å². The molecule has 6 heteroatoms. The van der Waals surface area contributed by atoms with E-state index in [0.29, 0.717) is 20.9 Å². The first kappa shape index (κ1) is 12.9. The van der Waals surface area contributed by atoms with E-state index in [0.717, 1.165) is 0 Å². The minimum absolute atomic E-state index is 0.211. The van der Waals surface area contributed by atoms with Gasteiger partial charge in [0.2, 0.25) is 5.91 Å². The van der Waals surface area contributed by atoms with Gasteiger partial charge in [-0.15, -0.1) is 0 Å². The largest absolute Gasteiger partial charge is 0.424 e. The van der Waals surface area contributed by atoms with Crippen LogP contribution in [0.15, 0.2) is 18.3 Å². The van der Waals surface area contributed by atoms with Crippen LogP contribution in [0.4, 0.5) is 0 Å². The summed E-state index contributed by atoms with van der Waals surface area (Å²) in [5.74, 6) is -0.397. The normalized spacial score (nSPS) is 10.7. The standard InChI is InChI=1S/C12H9Cl2NO3/c1-6(16)15-5-12(18-7(2)17)8-3-9(13)10(14)4-11(8)15/h3-5H,1-2H3. The minimum Gasteiger partial charge on any atom is -0.424 e. The minimum atomic E-state index is -0.469. The number of hydrogen-bond acceptors (Lipinski definition) is 3. The Bertz CT molecular complexity index is 661. The van der Waals surface area contributed by atoms with E-state index in [9.17, 15) is 9.59 Å². The molecule has 0 saturated carbocycles. The Morgan fingerprint density at radius 2 is 1.78 bits per heavy atom. The summed E-state index contributed by atoms with van der Waals surface area (Å²) < 4.78 is 6.40. The van der Waals surface area contributed by atoms with Crippen LogP contribution in [-0.2, 0) is 4.79 Å². The smallest absolute Gasteiger partial charge is 0.308 e. The summed E-state index contributed by atoms with van der Waals surface area (Å²) in [5.41, 5.74) is 0.549. The van der Waals surface area contributed by atoms with Gasteiger partial charge in [0.1, 0.15) is 0 Å². The van der Waals surface area contributed by atoms with Crippen LogP contribution in [0, 0.1) is 0 Å². The Balaban J connectivity index is 2.76. The number of halogens is 2. The first-order valence-corrected chi connectivity index (χ1v) is 5.85. The Morgan fingerprint density at radius 3 is 2.33 bits per heavy atom. The molecule has 0 N–H and O–H groups in total. The molecular weight excluding hydrogens is 277 g/mol.